The molecule has 2 atom stereocenters. The Morgan fingerprint density at radius 3 is 2.48 bits per heavy atom. The van der Waals surface area contributed by atoms with Gasteiger partial charge in [0.1, 0.15) is 5.75 Å². The maximum absolute atomic E-state index is 6.12. The van der Waals surface area contributed by atoms with Crippen LogP contribution in [0, 0.1) is 0 Å². The molecule has 2 unspecified atom stereocenters. The molecule has 1 aliphatic heterocycles. The molecule has 27 heavy (non-hydrogen) atoms. The first-order valence-corrected chi connectivity index (χ1v) is 9.42. The molecule has 3 aromatic carbocycles. The highest BCUT2D eigenvalue weighted by Gasteiger charge is 2.27. The van der Waals surface area contributed by atoms with E-state index in [2.05, 4.69) is 59.4 Å². The maximum atomic E-state index is 6.12. The van der Waals surface area contributed by atoms with Gasteiger partial charge >= 0.3 is 0 Å². The van der Waals surface area contributed by atoms with Gasteiger partial charge in [-0.1, -0.05) is 60.7 Å². The molecule has 4 heteroatoms. The summed E-state index contributed by atoms with van der Waals surface area (Å²) in [5.41, 5.74) is 17.4. The van der Waals surface area contributed by atoms with E-state index in [1.165, 1.54) is 11.1 Å². The minimum atomic E-state index is 0.207. The van der Waals surface area contributed by atoms with Gasteiger partial charge in [-0.2, -0.15) is 0 Å². The van der Waals surface area contributed by atoms with E-state index in [0.29, 0.717) is 6.61 Å². The zero-order valence-corrected chi connectivity index (χ0v) is 15.3. The molecule has 3 aromatic rings. The second-order valence-corrected chi connectivity index (χ2v) is 6.92. The molecule has 1 fully saturated rings. The van der Waals surface area contributed by atoms with Crippen molar-refractivity contribution in [2.45, 2.75) is 24.9 Å². The molecule has 0 amide bonds. The van der Waals surface area contributed by atoms with Crippen LogP contribution in [0.25, 0.3) is 0 Å². The number of hydrazine groups is 1. The summed E-state index contributed by atoms with van der Waals surface area (Å²) in [4.78, 5) is 0. The topological polar surface area (TPSA) is 59.3 Å². The fourth-order valence-corrected chi connectivity index (χ4v) is 3.56. The number of benzene rings is 3. The van der Waals surface area contributed by atoms with Crippen LogP contribution in [0.4, 0.5) is 5.69 Å². The molecule has 0 radical (unpaired) electrons. The molecule has 0 aliphatic carbocycles. The lowest BCUT2D eigenvalue weighted by Crippen LogP contribution is -2.27. The number of hydrogen-bond donors (Lipinski definition) is 3. The van der Waals surface area contributed by atoms with Crippen LogP contribution in [0.5, 0.6) is 5.75 Å². The summed E-state index contributed by atoms with van der Waals surface area (Å²) >= 11 is 0. The van der Waals surface area contributed by atoms with E-state index in [-0.39, 0.29) is 12.1 Å². The summed E-state index contributed by atoms with van der Waals surface area (Å²) in [5, 5.41) is 0. The molecule has 1 saturated heterocycles. The summed E-state index contributed by atoms with van der Waals surface area (Å²) in [5.74, 6) is 0.910. The smallest absolute Gasteiger partial charge is 0.119 e. The second-order valence-electron chi connectivity index (χ2n) is 6.92. The summed E-state index contributed by atoms with van der Waals surface area (Å²) in [6, 6.07) is 27.2. The molecular formula is C23H25N3O. The number of rotatable bonds is 6. The Morgan fingerprint density at radius 1 is 0.852 bits per heavy atom. The number of anilines is 1. The minimum Gasteiger partial charge on any atom is -0.493 e. The monoisotopic (exact) mass is 359 g/mol. The Morgan fingerprint density at radius 2 is 1.63 bits per heavy atom. The van der Waals surface area contributed by atoms with Gasteiger partial charge in [0.15, 0.2) is 0 Å². The number of hydrogen-bond acceptors (Lipinski definition) is 4. The van der Waals surface area contributed by atoms with Crippen LogP contribution in [0.3, 0.4) is 0 Å². The molecule has 0 saturated carbocycles. The van der Waals surface area contributed by atoms with Crippen LogP contribution in [0.15, 0.2) is 78.9 Å². The van der Waals surface area contributed by atoms with Crippen molar-refractivity contribution in [2.75, 3.05) is 12.3 Å². The van der Waals surface area contributed by atoms with Gasteiger partial charge in [-0.15, -0.1) is 0 Å². The minimum absolute atomic E-state index is 0.207. The normalized spacial score (nSPS) is 19.1. The van der Waals surface area contributed by atoms with E-state index in [0.717, 1.165) is 29.8 Å². The number of para-hydroxylation sites is 1. The van der Waals surface area contributed by atoms with Crippen molar-refractivity contribution in [3.8, 4) is 5.75 Å². The number of ether oxygens (including phenoxy) is 1. The molecule has 4 nitrogen and oxygen atoms in total. The highest BCUT2D eigenvalue weighted by Crippen LogP contribution is 2.34. The molecule has 0 bridgehead atoms. The molecule has 138 valence electrons. The Kier molecular flexibility index (Phi) is 5.37. The zero-order valence-electron chi connectivity index (χ0n) is 15.3. The fraction of sp³-hybridized carbons (Fsp3) is 0.217. The van der Waals surface area contributed by atoms with Gasteiger partial charge in [0, 0.05) is 18.2 Å². The van der Waals surface area contributed by atoms with Crippen LogP contribution >= 0.6 is 0 Å². The Bertz CT molecular complexity index is 882. The van der Waals surface area contributed by atoms with Crippen molar-refractivity contribution >= 4 is 5.69 Å². The third-order valence-corrected chi connectivity index (χ3v) is 5.04. The summed E-state index contributed by atoms with van der Waals surface area (Å²) in [6.07, 6.45) is 1.85. The fourth-order valence-electron chi connectivity index (χ4n) is 3.56. The van der Waals surface area contributed by atoms with Gasteiger partial charge in [0.25, 0.3) is 0 Å². The molecule has 1 heterocycles. The quantitative estimate of drug-likeness (QED) is 0.578. The zero-order chi connectivity index (χ0) is 18.5. The Balaban J connectivity index is 1.37. The lowest BCUT2D eigenvalue weighted by Gasteiger charge is -2.13. The third kappa shape index (κ3) is 4.30. The van der Waals surface area contributed by atoms with Gasteiger partial charge in [-0.3, -0.25) is 0 Å². The van der Waals surface area contributed by atoms with Gasteiger partial charge in [-0.25, -0.2) is 10.9 Å². The first-order valence-electron chi connectivity index (χ1n) is 9.42. The second kappa shape index (κ2) is 8.25. The molecular weight excluding hydrogens is 334 g/mol. The van der Waals surface area contributed by atoms with Crippen molar-refractivity contribution in [1.29, 1.82) is 0 Å². The highest BCUT2D eigenvalue weighted by molar-refractivity contribution is 5.48. The van der Waals surface area contributed by atoms with Crippen molar-refractivity contribution in [3.05, 3.63) is 95.6 Å². The predicted molar refractivity (Wildman–Crippen MR) is 109 cm³/mol. The van der Waals surface area contributed by atoms with Crippen molar-refractivity contribution in [3.63, 3.8) is 0 Å². The Labute approximate surface area is 160 Å². The first kappa shape index (κ1) is 17.6. The number of nitrogens with two attached hydrogens (primary N) is 1. The first-order chi connectivity index (χ1) is 13.3. The third-order valence-electron chi connectivity index (χ3n) is 5.04. The van der Waals surface area contributed by atoms with E-state index in [4.69, 9.17) is 10.5 Å². The summed E-state index contributed by atoms with van der Waals surface area (Å²) < 4.78 is 5.97. The van der Waals surface area contributed by atoms with E-state index in [1.807, 2.05) is 30.3 Å². The van der Waals surface area contributed by atoms with Gasteiger partial charge in [-0.05, 0) is 41.3 Å². The lowest BCUT2D eigenvalue weighted by molar-refractivity contribution is 0.321. The average Bonchev–Trinajstić information content (AvgIpc) is 3.19. The van der Waals surface area contributed by atoms with E-state index in [9.17, 15) is 0 Å². The van der Waals surface area contributed by atoms with Crippen molar-refractivity contribution in [1.82, 2.24) is 10.9 Å². The lowest BCUT2D eigenvalue weighted by atomic mass is 9.96. The van der Waals surface area contributed by atoms with Crippen LogP contribution in [-0.2, 0) is 6.42 Å². The average molecular weight is 359 g/mol. The van der Waals surface area contributed by atoms with Crippen LogP contribution < -0.4 is 21.3 Å². The van der Waals surface area contributed by atoms with E-state index in [1.54, 1.807) is 0 Å². The summed E-state index contributed by atoms with van der Waals surface area (Å²) in [7, 11) is 0. The standard InChI is InChI=1S/C23H25N3O/c24-21-12-5-4-11-20(21)23-16-22(25-26-23)18-9-6-10-19(15-18)27-14-13-17-7-2-1-3-8-17/h1-12,15,22-23,25-26H,13-14,16,24H2. The molecule has 1 aliphatic rings. The van der Waals surface area contributed by atoms with Gasteiger partial charge in [0.05, 0.1) is 12.6 Å². The number of nitrogens with one attached hydrogen (secondary N) is 2. The highest BCUT2D eigenvalue weighted by atomic mass is 16.5. The SMILES string of the molecule is Nc1ccccc1C1CC(c2cccc(OCCc3ccccc3)c2)NN1. The van der Waals surface area contributed by atoms with E-state index < -0.39 is 0 Å². The van der Waals surface area contributed by atoms with Crippen LogP contribution in [0.1, 0.15) is 35.2 Å². The molecule has 4 rings (SSSR count). The summed E-state index contributed by atoms with van der Waals surface area (Å²) in [6.45, 7) is 0.674. The molecule has 4 N–H and O–H groups in total. The molecule has 0 aromatic heterocycles. The maximum Gasteiger partial charge on any atom is 0.119 e. The Hall–Kier alpha value is -2.82. The van der Waals surface area contributed by atoms with Gasteiger partial charge < -0.3 is 10.5 Å². The van der Waals surface area contributed by atoms with Crippen LogP contribution in [0.2, 0.25) is 0 Å². The molecule has 0 spiro atoms. The largest absolute Gasteiger partial charge is 0.493 e. The van der Waals surface area contributed by atoms with Crippen molar-refractivity contribution < 1.29 is 4.74 Å². The van der Waals surface area contributed by atoms with Crippen LogP contribution in [-0.4, -0.2) is 6.61 Å². The van der Waals surface area contributed by atoms with Crippen molar-refractivity contribution in [2.24, 2.45) is 0 Å². The van der Waals surface area contributed by atoms with E-state index >= 15 is 0 Å². The number of nitrogen functional groups attached to an aromatic ring is 1. The predicted octanol–water partition coefficient (Wildman–Crippen LogP) is 4.17. The van der Waals surface area contributed by atoms with Gasteiger partial charge in [0.2, 0.25) is 0 Å².